The average molecular weight is 883 g/mol. The van der Waals surface area contributed by atoms with Gasteiger partial charge < -0.3 is 19.0 Å². The van der Waals surface area contributed by atoms with Crippen LogP contribution in [0.2, 0.25) is 0 Å². The van der Waals surface area contributed by atoms with E-state index in [1.807, 2.05) is 0 Å². The fourth-order valence-electron chi connectivity index (χ4n) is 10.2. The highest BCUT2D eigenvalue weighted by molar-refractivity contribution is 6.99. The maximum absolute atomic E-state index is 7.24. The van der Waals surface area contributed by atoms with Crippen molar-refractivity contribution in [2.75, 3.05) is 9.80 Å². The van der Waals surface area contributed by atoms with Crippen molar-refractivity contribution in [2.45, 2.75) is 131 Å². The Morgan fingerprint density at radius 2 is 0.940 bits per heavy atom. The molecule has 0 atom stereocenters. The molecule has 0 spiro atoms. The van der Waals surface area contributed by atoms with E-state index in [2.05, 4.69) is 247 Å². The topological polar surface area (TPSA) is 28.9 Å². The van der Waals surface area contributed by atoms with Crippen molar-refractivity contribution in [1.82, 2.24) is 0 Å². The number of hydrogen-bond acceptors (Lipinski definition) is 4. The Kier molecular flexibility index (Phi) is 10.1. The molecule has 0 saturated carbocycles. The molecule has 340 valence electrons. The molecule has 0 fully saturated rings. The minimum absolute atomic E-state index is 0.0241. The molecule has 10 rings (SSSR count). The minimum atomic E-state index is -0.146. The molecule has 0 unspecified atom stereocenters. The molecule has 2 aliphatic heterocycles. The van der Waals surface area contributed by atoms with Gasteiger partial charge in [0, 0.05) is 28.1 Å². The summed E-state index contributed by atoms with van der Waals surface area (Å²) in [5, 5.41) is 2.15. The largest absolute Gasteiger partial charge is 0.458 e. The fourth-order valence-corrected chi connectivity index (χ4v) is 10.2. The van der Waals surface area contributed by atoms with Gasteiger partial charge in [0.2, 0.25) is 0 Å². The van der Waals surface area contributed by atoms with Crippen LogP contribution in [0.4, 0.5) is 34.1 Å². The van der Waals surface area contributed by atoms with Crippen molar-refractivity contribution in [1.29, 1.82) is 0 Å². The van der Waals surface area contributed by atoms with Gasteiger partial charge in [-0.25, -0.2) is 0 Å². The second-order valence-corrected chi connectivity index (χ2v) is 24.4. The third-order valence-electron chi connectivity index (χ3n) is 14.3. The summed E-state index contributed by atoms with van der Waals surface area (Å²) in [5.74, 6) is 1.85. The van der Waals surface area contributed by atoms with E-state index in [1.165, 1.54) is 44.2 Å². The second-order valence-electron chi connectivity index (χ2n) is 24.4. The van der Waals surface area contributed by atoms with Gasteiger partial charge in [-0.3, -0.25) is 0 Å². The predicted molar refractivity (Wildman–Crippen MR) is 288 cm³/mol. The van der Waals surface area contributed by atoms with Crippen LogP contribution in [0.3, 0.4) is 0 Å². The Labute approximate surface area is 400 Å². The Hall–Kier alpha value is -6.20. The highest BCUT2D eigenvalue weighted by Gasteiger charge is 2.44. The lowest BCUT2D eigenvalue weighted by Crippen LogP contribution is -2.60. The smallest absolute Gasteiger partial charge is 0.256 e. The molecule has 7 aromatic carbocycles. The number of ether oxygens (including phenoxy) is 1. The van der Waals surface area contributed by atoms with Crippen molar-refractivity contribution >= 4 is 79.2 Å². The first-order chi connectivity index (χ1) is 31.4. The van der Waals surface area contributed by atoms with Crippen LogP contribution in [-0.4, -0.2) is 6.71 Å². The van der Waals surface area contributed by atoms with Crippen LogP contribution in [0.25, 0.3) is 21.9 Å². The number of nitrogens with zero attached hydrogens (tertiary/aromatic N) is 2. The number of benzene rings is 7. The first-order valence-electron chi connectivity index (χ1n) is 24.3. The second kappa shape index (κ2) is 15.2. The van der Waals surface area contributed by atoms with E-state index in [4.69, 9.17) is 9.15 Å². The monoisotopic (exact) mass is 883 g/mol. The van der Waals surface area contributed by atoms with E-state index in [-0.39, 0.29) is 33.8 Å². The number of hydrogen-bond donors (Lipinski definition) is 0. The Morgan fingerprint density at radius 1 is 0.433 bits per heavy atom. The quantitative estimate of drug-likeness (QED) is 0.165. The molecule has 0 aliphatic carbocycles. The van der Waals surface area contributed by atoms with Gasteiger partial charge in [-0.05, 0) is 138 Å². The van der Waals surface area contributed by atoms with Gasteiger partial charge in [0.25, 0.3) is 6.71 Å². The van der Waals surface area contributed by atoms with E-state index in [0.29, 0.717) is 0 Å². The van der Waals surface area contributed by atoms with E-state index in [9.17, 15) is 0 Å². The summed E-state index contributed by atoms with van der Waals surface area (Å²) in [6.07, 6.45) is 0. The van der Waals surface area contributed by atoms with Crippen molar-refractivity contribution in [3.05, 3.63) is 161 Å². The van der Waals surface area contributed by atoms with Gasteiger partial charge in [0.05, 0.1) is 16.8 Å². The molecule has 0 amide bonds. The maximum atomic E-state index is 7.24. The lowest BCUT2D eigenvalue weighted by Gasteiger charge is -2.42. The van der Waals surface area contributed by atoms with Crippen molar-refractivity contribution in [3.63, 3.8) is 0 Å². The molecule has 0 N–H and O–H groups in total. The Morgan fingerprint density at radius 3 is 1.51 bits per heavy atom. The number of para-hydroxylation sites is 1. The van der Waals surface area contributed by atoms with Gasteiger partial charge >= 0.3 is 0 Å². The van der Waals surface area contributed by atoms with Crippen LogP contribution in [0, 0.1) is 0 Å². The lowest BCUT2D eigenvalue weighted by atomic mass is 9.33. The molecule has 3 heterocycles. The van der Waals surface area contributed by atoms with Crippen molar-refractivity contribution < 1.29 is 9.15 Å². The van der Waals surface area contributed by atoms with Crippen LogP contribution in [0.15, 0.2) is 138 Å². The summed E-state index contributed by atoms with van der Waals surface area (Å²) in [7, 11) is 0. The zero-order valence-electron chi connectivity index (χ0n) is 42.5. The molecule has 67 heavy (non-hydrogen) atoms. The molecule has 4 nitrogen and oxygen atoms in total. The lowest BCUT2D eigenvalue weighted by molar-refractivity contribution is 0.482. The van der Waals surface area contributed by atoms with Gasteiger partial charge in [0.1, 0.15) is 17.1 Å². The van der Waals surface area contributed by atoms with Gasteiger partial charge in [-0.2, -0.15) is 0 Å². The van der Waals surface area contributed by atoms with Gasteiger partial charge in [-0.15, -0.1) is 0 Å². The van der Waals surface area contributed by atoms with Crippen molar-refractivity contribution in [3.8, 4) is 11.5 Å². The zero-order valence-corrected chi connectivity index (χ0v) is 42.5. The van der Waals surface area contributed by atoms with E-state index in [0.717, 1.165) is 67.6 Å². The first kappa shape index (κ1) is 44.6. The molecule has 0 bridgehead atoms. The van der Waals surface area contributed by atoms with E-state index in [1.54, 1.807) is 0 Å². The first-order valence-corrected chi connectivity index (χ1v) is 24.3. The number of furan rings is 1. The maximum Gasteiger partial charge on any atom is 0.256 e. The van der Waals surface area contributed by atoms with Crippen LogP contribution >= 0.6 is 0 Å². The standard InChI is InChI=1S/C62H67BN2O2/c1-58(2,3)38-20-26-43(27-21-38)64(44-28-22-39(23-29-44)59(4,5)6)49-31-32-50(57-55(49)45-18-16-17-19-52(45)67-57)65-48-30-24-40(60(7,8)9)34-46(48)63-47-35-41(61(10,11)12)25-33-53(47)66-54-37-42(62(13,14)15)36-51(65)56(54)63/h16-37H,1-15H3. The number of anilines is 6. The highest BCUT2D eigenvalue weighted by Crippen LogP contribution is 2.51. The predicted octanol–water partition coefficient (Wildman–Crippen LogP) is 15.9. The SMILES string of the molecule is CC(C)(C)c1ccc(N(c2ccc(C(C)(C)C)cc2)c2ccc(N3c4ccc(C(C)(C)C)cc4B4c5cc(C(C)(C)C)ccc5Oc5cc(C(C)(C)C)cc3c54)c3oc4ccccc4c23)cc1. The fraction of sp³-hybridized carbons (Fsp3) is 0.323. The van der Waals surface area contributed by atoms with E-state index < -0.39 is 0 Å². The summed E-state index contributed by atoms with van der Waals surface area (Å²) in [4.78, 5) is 4.91. The molecule has 5 heteroatoms. The third-order valence-corrected chi connectivity index (χ3v) is 14.3. The Balaban J connectivity index is 1.28. The van der Waals surface area contributed by atoms with Crippen LogP contribution in [-0.2, 0) is 27.1 Å². The van der Waals surface area contributed by atoms with Crippen LogP contribution in [0.5, 0.6) is 11.5 Å². The third kappa shape index (κ3) is 7.63. The normalized spacial score (nSPS) is 14.0. The van der Waals surface area contributed by atoms with E-state index >= 15 is 0 Å². The number of fused-ring (bicyclic) bond motifs is 7. The molecule has 2 aliphatic rings. The molecule has 0 saturated heterocycles. The van der Waals surface area contributed by atoms with Crippen molar-refractivity contribution in [2.24, 2.45) is 0 Å². The van der Waals surface area contributed by atoms with Gasteiger partial charge in [-0.1, -0.05) is 171 Å². The summed E-state index contributed by atoms with van der Waals surface area (Å²) in [6.45, 7) is 34.4. The summed E-state index contributed by atoms with van der Waals surface area (Å²) < 4.78 is 14.4. The Bertz CT molecular complexity index is 3170. The van der Waals surface area contributed by atoms with Gasteiger partial charge in [0.15, 0.2) is 5.58 Å². The van der Waals surface area contributed by atoms with Crippen LogP contribution < -0.4 is 30.9 Å². The zero-order chi connectivity index (χ0) is 47.7. The highest BCUT2D eigenvalue weighted by atomic mass is 16.5. The summed E-state index contributed by atoms with van der Waals surface area (Å²) in [6, 6.07) is 50.2. The molecule has 1 aromatic heterocycles. The summed E-state index contributed by atoms with van der Waals surface area (Å²) >= 11 is 0. The number of rotatable bonds is 4. The average Bonchev–Trinajstić information content (AvgIpc) is 3.65. The molecule has 0 radical (unpaired) electrons. The minimum Gasteiger partial charge on any atom is -0.458 e. The molecule has 8 aromatic rings. The van der Waals surface area contributed by atoms with Crippen LogP contribution in [0.1, 0.15) is 132 Å². The molecular formula is C62H67BN2O2. The molecular weight excluding hydrogens is 816 g/mol. The summed E-state index contributed by atoms with van der Waals surface area (Å²) in [5.41, 5.74) is 18.1.